The van der Waals surface area contributed by atoms with E-state index < -0.39 is 27.4 Å². The molecule has 3 rings (SSSR count). The first-order chi connectivity index (χ1) is 11.4. The van der Waals surface area contributed by atoms with Crippen LogP contribution in [0.4, 0.5) is 8.78 Å². The second kappa shape index (κ2) is 6.04. The van der Waals surface area contributed by atoms with E-state index >= 15 is 0 Å². The first kappa shape index (κ1) is 16.1. The number of rotatable bonds is 3. The Morgan fingerprint density at radius 3 is 2.58 bits per heavy atom. The molecule has 0 bridgehead atoms. The summed E-state index contributed by atoms with van der Waals surface area (Å²) < 4.78 is 51.0. The van der Waals surface area contributed by atoms with Crippen LogP contribution in [-0.2, 0) is 9.84 Å². The third-order valence-electron chi connectivity index (χ3n) is 3.50. The Morgan fingerprint density at radius 1 is 1.08 bits per heavy atom. The lowest BCUT2D eigenvalue weighted by molar-refractivity contribution is 0.0938. The summed E-state index contributed by atoms with van der Waals surface area (Å²) in [7, 11) is -3.54. The predicted molar refractivity (Wildman–Crippen MR) is 83.4 cm³/mol. The molecule has 0 unspecified atom stereocenters. The lowest BCUT2D eigenvalue weighted by atomic mass is 10.1. The first-order valence-corrected chi connectivity index (χ1v) is 8.57. The van der Waals surface area contributed by atoms with Crippen LogP contribution < -0.4 is 10.9 Å². The quantitative estimate of drug-likeness (QED) is 0.656. The second-order valence-corrected chi connectivity index (χ2v) is 7.10. The summed E-state index contributed by atoms with van der Waals surface area (Å²) in [5.74, 6) is -2.33. The van der Waals surface area contributed by atoms with Gasteiger partial charge in [-0.15, -0.1) is 0 Å². The van der Waals surface area contributed by atoms with Crippen LogP contribution in [0.5, 0.6) is 0 Å². The Hall–Kier alpha value is -2.74. The van der Waals surface area contributed by atoms with Crippen molar-refractivity contribution in [3.05, 3.63) is 71.3 Å². The molecule has 0 saturated carbocycles. The molecule has 0 atom stereocenters. The number of carbonyl (C=O) groups is 1. The maximum atomic E-state index is 13.6. The normalized spacial score (nSPS) is 15.2. The van der Waals surface area contributed by atoms with Gasteiger partial charge in [-0.05, 0) is 36.4 Å². The Labute approximate surface area is 136 Å². The zero-order valence-electron chi connectivity index (χ0n) is 12.2. The smallest absolute Gasteiger partial charge is 0.272 e. The van der Waals surface area contributed by atoms with Gasteiger partial charge in [-0.2, -0.15) is 0 Å². The topological polar surface area (TPSA) is 75.3 Å². The fraction of sp³-hybridized carbons (Fsp3) is 0.0625. The summed E-state index contributed by atoms with van der Waals surface area (Å²) in [6.45, 7) is 0. The highest BCUT2D eigenvalue weighted by Crippen LogP contribution is 2.28. The molecule has 0 aromatic heterocycles. The molecule has 2 aromatic carbocycles. The molecule has 2 N–H and O–H groups in total. The van der Waals surface area contributed by atoms with Gasteiger partial charge in [-0.1, -0.05) is 12.1 Å². The van der Waals surface area contributed by atoms with Gasteiger partial charge >= 0.3 is 0 Å². The van der Waals surface area contributed by atoms with E-state index in [0.717, 1.165) is 18.2 Å². The number of sulfone groups is 1. The number of hydrazine groups is 1. The van der Waals surface area contributed by atoms with Crippen LogP contribution >= 0.6 is 0 Å². The van der Waals surface area contributed by atoms with E-state index in [-0.39, 0.29) is 27.5 Å². The second-order valence-electron chi connectivity index (χ2n) is 5.10. The Kier molecular flexibility index (Phi) is 4.06. The Balaban J connectivity index is 1.85. The van der Waals surface area contributed by atoms with E-state index in [1.807, 2.05) is 0 Å². The molecule has 24 heavy (non-hydrogen) atoms. The molecule has 0 radical (unpaired) electrons. The number of hydrogen-bond donors (Lipinski definition) is 2. The minimum atomic E-state index is -3.54. The summed E-state index contributed by atoms with van der Waals surface area (Å²) >= 11 is 0. The fourth-order valence-electron chi connectivity index (χ4n) is 2.33. The maximum absolute atomic E-state index is 13.6. The molecule has 2 aromatic rings. The van der Waals surface area contributed by atoms with Crippen molar-refractivity contribution in [2.45, 2.75) is 4.90 Å². The van der Waals surface area contributed by atoms with Crippen LogP contribution in [0, 0.1) is 11.6 Å². The highest BCUT2D eigenvalue weighted by molar-refractivity contribution is 7.91. The van der Waals surface area contributed by atoms with Crippen molar-refractivity contribution < 1.29 is 22.0 Å². The van der Waals surface area contributed by atoms with Crippen LogP contribution in [0.15, 0.2) is 53.4 Å². The summed E-state index contributed by atoms with van der Waals surface area (Å²) in [5, 5.41) is 0. The van der Waals surface area contributed by atoms with Crippen LogP contribution in [0.25, 0.3) is 5.70 Å². The van der Waals surface area contributed by atoms with Gasteiger partial charge in [-0.3, -0.25) is 15.6 Å². The largest absolute Gasteiger partial charge is 0.298 e. The molecule has 1 aliphatic heterocycles. The summed E-state index contributed by atoms with van der Waals surface area (Å²) in [4.78, 5) is 11.9. The number of fused-ring (bicyclic) bond motifs is 1. The SMILES string of the molecule is O=C(NNC1=CCS(=O)(=O)c2ccc(F)cc21)c1ccccc1F. The van der Waals surface area contributed by atoms with E-state index in [1.54, 1.807) is 0 Å². The molecule has 124 valence electrons. The molecule has 1 heterocycles. The molecule has 0 fully saturated rings. The molecule has 8 heteroatoms. The van der Waals surface area contributed by atoms with Crippen molar-refractivity contribution in [1.29, 1.82) is 0 Å². The number of carbonyl (C=O) groups excluding carboxylic acids is 1. The minimum absolute atomic E-state index is 0.0333. The van der Waals surface area contributed by atoms with Gasteiger partial charge in [0.2, 0.25) is 0 Å². The van der Waals surface area contributed by atoms with Crippen LogP contribution in [0.2, 0.25) is 0 Å². The lowest BCUT2D eigenvalue weighted by Crippen LogP contribution is -2.37. The first-order valence-electron chi connectivity index (χ1n) is 6.92. The third kappa shape index (κ3) is 3.00. The van der Waals surface area contributed by atoms with Gasteiger partial charge in [0.1, 0.15) is 11.6 Å². The lowest BCUT2D eigenvalue weighted by Gasteiger charge is -2.20. The minimum Gasteiger partial charge on any atom is -0.298 e. The highest BCUT2D eigenvalue weighted by Gasteiger charge is 2.25. The summed E-state index contributed by atoms with van der Waals surface area (Å²) in [5.41, 5.74) is 4.97. The number of hydrogen-bond acceptors (Lipinski definition) is 4. The monoisotopic (exact) mass is 350 g/mol. The van der Waals surface area contributed by atoms with E-state index in [1.165, 1.54) is 30.3 Å². The van der Waals surface area contributed by atoms with Crippen molar-refractivity contribution in [2.24, 2.45) is 0 Å². The van der Waals surface area contributed by atoms with Gasteiger partial charge < -0.3 is 0 Å². The molecule has 0 aliphatic carbocycles. The van der Waals surface area contributed by atoms with Crippen molar-refractivity contribution >= 4 is 21.4 Å². The third-order valence-corrected chi connectivity index (χ3v) is 5.13. The van der Waals surface area contributed by atoms with Crippen molar-refractivity contribution in [3.63, 3.8) is 0 Å². The Bertz CT molecular complexity index is 956. The number of amides is 1. The molecule has 1 amide bonds. The van der Waals surface area contributed by atoms with E-state index in [2.05, 4.69) is 10.9 Å². The number of nitrogens with one attached hydrogen (secondary N) is 2. The van der Waals surface area contributed by atoms with Gasteiger partial charge in [0.15, 0.2) is 9.84 Å². The zero-order chi connectivity index (χ0) is 17.3. The van der Waals surface area contributed by atoms with Gasteiger partial charge in [0, 0.05) is 5.56 Å². The van der Waals surface area contributed by atoms with Crippen molar-refractivity contribution in [1.82, 2.24) is 10.9 Å². The standard InChI is InChI=1S/C16H12F2N2O3S/c17-10-5-6-15-12(9-10)14(7-8-24(15,22)23)19-20-16(21)11-3-1-2-4-13(11)18/h1-7,9,19H,8H2,(H,20,21). The molecule has 0 spiro atoms. The van der Waals surface area contributed by atoms with Crippen molar-refractivity contribution in [3.8, 4) is 0 Å². The highest BCUT2D eigenvalue weighted by atomic mass is 32.2. The molecular weight excluding hydrogens is 338 g/mol. The van der Waals surface area contributed by atoms with Crippen molar-refractivity contribution in [2.75, 3.05) is 5.75 Å². The molecule has 0 saturated heterocycles. The molecule has 1 aliphatic rings. The number of halogens is 2. The van der Waals surface area contributed by atoms with Gasteiger partial charge in [-0.25, -0.2) is 17.2 Å². The van der Waals surface area contributed by atoms with E-state index in [0.29, 0.717) is 0 Å². The van der Waals surface area contributed by atoms with Gasteiger partial charge in [0.05, 0.1) is 21.9 Å². The fourth-order valence-corrected chi connectivity index (χ4v) is 3.68. The predicted octanol–water partition coefficient (Wildman–Crippen LogP) is 2.03. The van der Waals surface area contributed by atoms with E-state index in [9.17, 15) is 22.0 Å². The molecule has 5 nitrogen and oxygen atoms in total. The van der Waals surface area contributed by atoms with E-state index in [4.69, 9.17) is 0 Å². The number of benzene rings is 2. The van der Waals surface area contributed by atoms with Crippen LogP contribution in [0.3, 0.4) is 0 Å². The maximum Gasteiger partial charge on any atom is 0.272 e. The summed E-state index contributed by atoms with van der Waals surface area (Å²) in [6, 6.07) is 8.69. The van der Waals surface area contributed by atoms with Gasteiger partial charge in [0.25, 0.3) is 5.91 Å². The average molecular weight is 350 g/mol. The van der Waals surface area contributed by atoms with Crippen LogP contribution in [-0.4, -0.2) is 20.1 Å². The molecular formula is C16H12F2N2O3S. The summed E-state index contributed by atoms with van der Waals surface area (Å²) in [6.07, 6.45) is 1.32. The zero-order valence-corrected chi connectivity index (χ0v) is 13.0. The average Bonchev–Trinajstić information content (AvgIpc) is 2.54. The van der Waals surface area contributed by atoms with Crippen LogP contribution in [0.1, 0.15) is 15.9 Å². The Morgan fingerprint density at radius 2 is 1.83 bits per heavy atom.